The van der Waals surface area contributed by atoms with E-state index in [9.17, 15) is 0 Å². The lowest BCUT2D eigenvalue weighted by Crippen LogP contribution is -2.22. The highest BCUT2D eigenvalue weighted by molar-refractivity contribution is 8.21. The Morgan fingerprint density at radius 2 is 2.00 bits per heavy atom. The van der Waals surface area contributed by atoms with Crippen molar-refractivity contribution in [2.24, 2.45) is 0 Å². The number of unbranched alkanes of at least 4 members (excludes halogenated alkanes) is 1. The van der Waals surface area contributed by atoms with Crippen LogP contribution < -0.4 is 0 Å². The molecular weight excluding hydrogens is 439 g/mol. The number of nitrogens with zero attached hydrogens (tertiary/aromatic N) is 2. The summed E-state index contributed by atoms with van der Waals surface area (Å²) in [4.78, 5) is 4.14. The van der Waals surface area contributed by atoms with Crippen molar-refractivity contribution < 1.29 is 0 Å². The monoisotopic (exact) mass is 462 g/mol. The molecule has 0 spiro atoms. The molecule has 2 nitrogen and oxygen atoms in total. The van der Waals surface area contributed by atoms with E-state index < -0.39 is 0 Å². The van der Waals surface area contributed by atoms with E-state index in [-0.39, 0.29) is 4.08 Å². The molecule has 1 aliphatic rings. The maximum absolute atomic E-state index is 6.51. The first kappa shape index (κ1) is 21.7. The van der Waals surface area contributed by atoms with E-state index in [0.29, 0.717) is 20.3 Å². The normalized spacial score (nSPS) is 22.4. The highest BCUT2D eigenvalue weighted by atomic mass is 35.5. The summed E-state index contributed by atoms with van der Waals surface area (Å²) in [6.07, 6.45) is 12.7. The molecule has 0 aliphatic carbocycles. The van der Waals surface area contributed by atoms with E-state index >= 15 is 0 Å². The molecule has 0 N–H and O–H groups in total. The Labute approximate surface area is 185 Å². The van der Waals surface area contributed by atoms with Gasteiger partial charge in [-0.25, -0.2) is 4.98 Å². The van der Waals surface area contributed by atoms with Crippen molar-refractivity contribution in [3.8, 4) is 0 Å². The zero-order valence-electron chi connectivity index (χ0n) is 15.5. The molecule has 2 aromatic rings. The minimum atomic E-state index is 0.125. The van der Waals surface area contributed by atoms with Gasteiger partial charge in [-0.2, -0.15) is 0 Å². The van der Waals surface area contributed by atoms with Gasteiger partial charge >= 0.3 is 0 Å². The zero-order chi connectivity index (χ0) is 19.3. The van der Waals surface area contributed by atoms with Crippen molar-refractivity contribution >= 4 is 58.3 Å². The Kier molecular flexibility index (Phi) is 8.16. The molecule has 1 saturated heterocycles. The standard InChI is InChI=1S/C20H25Cl3N2S2/c1-2-3-5-16-13-26-20(27-16,6-4-8-25-9-7-24-14-25)12-17-18(22)10-15(21)11-19(17)23/h7,9-11,14,16H,2-6,8,12-13H2,1H3. The van der Waals surface area contributed by atoms with Crippen LogP contribution >= 0.6 is 58.3 Å². The number of hydrogen-bond acceptors (Lipinski definition) is 3. The van der Waals surface area contributed by atoms with Crippen molar-refractivity contribution in [2.75, 3.05) is 5.75 Å². The molecule has 148 valence electrons. The van der Waals surface area contributed by atoms with Gasteiger partial charge in [0, 0.05) is 45.0 Å². The number of rotatable bonds is 9. The van der Waals surface area contributed by atoms with Gasteiger partial charge in [-0.15, -0.1) is 23.5 Å². The molecule has 0 bridgehead atoms. The minimum Gasteiger partial charge on any atom is -0.337 e. The summed E-state index contributed by atoms with van der Waals surface area (Å²) in [5, 5.41) is 2.67. The van der Waals surface area contributed by atoms with Gasteiger partial charge < -0.3 is 4.57 Å². The Balaban J connectivity index is 1.73. The van der Waals surface area contributed by atoms with Crippen molar-refractivity contribution in [1.82, 2.24) is 9.55 Å². The number of benzene rings is 1. The van der Waals surface area contributed by atoms with Crippen LogP contribution in [0.5, 0.6) is 0 Å². The molecular formula is C20H25Cl3N2S2. The molecule has 1 aromatic heterocycles. The van der Waals surface area contributed by atoms with Gasteiger partial charge in [0.2, 0.25) is 0 Å². The van der Waals surface area contributed by atoms with Crippen molar-refractivity contribution in [3.63, 3.8) is 0 Å². The van der Waals surface area contributed by atoms with Crippen LogP contribution in [0.15, 0.2) is 30.9 Å². The highest BCUT2D eigenvalue weighted by Crippen LogP contribution is 2.55. The maximum Gasteiger partial charge on any atom is 0.0945 e. The molecule has 2 atom stereocenters. The Morgan fingerprint density at radius 1 is 1.22 bits per heavy atom. The smallest absolute Gasteiger partial charge is 0.0945 e. The number of hydrogen-bond donors (Lipinski definition) is 0. The molecule has 1 aromatic carbocycles. The zero-order valence-corrected chi connectivity index (χ0v) is 19.4. The fourth-order valence-corrected chi connectivity index (χ4v) is 8.35. The molecule has 1 aliphatic heterocycles. The maximum atomic E-state index is 6.51. The number of aryl methyl sites for hydroxylation is 1. The van der Waals surface area contributed by atoms with Crippen LogP contribution in [-0.2, 0) is 13.0 Å². The SMILES string of the molecule is CCCCC1CSC(CCCn2ccnc2)(Cc2c(Cl)cc(Cl)cc2Cl)S1. The van der Waals surface area contributed by atoms with E-state index in [0.717, 1.165) is 31.4 Å². The second kappa shape index (κ2) is 10.2. The average molecular weight is 464 g/mol. The van der Waals surface area contributed by atoms with E-state index in [1.165, 1.54) is 25.0 Å². The van der Waals surface area contributed by atoms with Crippen molar-refractivity contribution in [1.29, 1.82) is 0 Å². The summed E-state index contributed by atoms with van der Waals surface area (Å²) in [7, 11) is 0. The lowest BCUT2D eigenvalue weighted by atomic mass is 10.1. The third kappa shape index (κ3) is 5.99. The number of aromatic nitrogens is 2. The fourth-order valence-electron chi connectivity index (χ4n) is 3.46. The van der Waals surface area contributed by atoms with Crippen LogP contribution in [0.4, 0.5) is 0 Å². The summed E-state index contributed by atoms with van der Waals surface area (Å²) >= 11 is 23.4. The second-order valence-corrected chi connectivity index (χ2v) is 11.6. The molecule has 7 heteroatoms. The van der Waals surface area contributed by atoms with E-state index in [4.69, 9.17) is 34.8 Å². The first-order chi connectivity index (χ1) is 13.0. The Bertz CT molecular complexity index is 716. The molecule has 2 unspecified atom stereocenters. The minimum absolute atomic E-state index is 0.125. The molecule has 3 rings (SSSR count). The van der Waals surface area contributed by atoms with Crippen molar-refractivity contribution in [3.05, 3.63) is 51.5 Å². The van der Waals surface area contributed by atoms with Gasteiger partial charge in [0.25, 0.3) is 0 Å². The fraction of sp³-hybridized carbons (Fsp3) is 0.550. The number of thioether (sulfide) groups is 2. The van der Waals surface area contributed by atoms with Gasteiger partial charge in [-0.1, -0.05) is 54.6 Å². The molecule has 0 amide bonds. The van der Waals surface area contributed by atoms with E-state index in [2.05, 4.69) is 40.0 Å². The topological polar surface area (TPSA) is 17.8 Å². The molecule has 1 fully saturated rings. The van der Waals surface area contributed by atoms with Gasteiger partial charge in [0.1, 0.15) is 0 Å². The van der Waals surface area contributed by atoms with Crippen LogP contribution in [0.2, 0.25) is 15.1 Å². The molecule has 27 heavy (non-hydrogen) atoms. The van der Waals surface area contributed by atoms with Crippen LogP contribution in [0.1, 0.15) is 44.6 Å². The summed E-state index contributed by atoms with van der Waals surface area (Å²) < 4.78 is 2.27. The summed E-state index contributed by atoms with van der Waals surface area (Å²) in [6, 6.07) is 3.62. The third-order valence-electron chi connectivity index (χ3n) is 4.88. The first-order valence-corrected chi connectivity index (χ1v) is 12.4. The van der Waals surface area contributed by atoms with Crippen LogP contribution in [0.25, 0.3) is 0 Å². The summed E-state index contributed by atoms with van der Waals surface area (Å²) in [5.74, 6) is 1.21. The predicted molar refractivity (Wildman–Crippen MR) is 123 cm³/mol. The van der Waals surface area contributed by atoms with E-state index in [1.54, 1.807) is 0 Å². The first-order valence-electron chi connectivity index (χ1n) is 9.42. The average Bonchev–Trinajstić information content (AvgIpc) is 3.27. The second-order valence-electron chi connectivity index (χ2n) is 7.03. The quantitative estimate of drug-likeness (QED) is 0.381. The van der Waals surface area contributed by atoms with Crippen LogP contribution in [0.3, 0.4) is 0 Å². The predicted octanol–water partition coefficient (Wildman–Crippen LogP) is 7.60. The molecule has 0 saturated carbocycles. The van der Waals surface area contributed by atoms with Gasteiger partial charge in [0.15, 0.2) is 0 Å². The van der Waals surface area contributed by atoms with Gasteiger partial charge in [0.05, 0.1) is 10.4 Å². The Hall–Kier alpha value is -0.0000000000000000555. The Morgan fingerprint density at radius 3 is 2.67 bits per heavy atom. The number of imidazole rings is 1. The van der Waals surface area contributed by atoms with Crippen molar-refractivity contribution in [2.45, 2.75) is 61.3 Å². The lowest BCUT2D eigenvalue weighted by Gasteiger charge is -2.29. The largest absolute Gasteiger partial charge is 0.337 e. The van der Waals surface area contributed by atoms with Gasteiger partial charge in [-0.3, -0.25) is 0 Å². The summed E-state index contributed by atoms with van der Waals surface area (Å²) in [5.41, 5.74) is 1.03. The van der Waals surface area contributed by atoms with Crippen LogP contribution in [0, 0.1) is 0 Å². The third-order valence-corrected chi connectivity index (χ3v) is 9.58. The lowest BCUT2D eigenvalue weighted by molar-refractivity contribution is 0.578. The van der Waals surface area contributed by atoms with Crippen LogP contribution in [-0.4, -0.2) is 24.6 Å². The van der Waals surface area contributed by atoms with E-state index in [1.807, 2.05) is 30.9 Å². The highest BCUT2D eigenvalue weighted by Gasteiger charge is 2.41. The molecule has 2 heterocycles. The number of halogens is 3. The molecule has 0 radical (unpaired) electrons. The van der Waals surface area contributed by atoms with Gasteiger partial charge in [-0.05, 0) is 43.4 Å². The summed E-state index contributed by atoms with van der Waals surface area (Å²) in [6.45, 7) is 3.25.